The Balaban J connectivity index is 0.00000480. The first-order valence-corrected chi connectivity index (χ1v) is 9.25. The van der Waals surface area contributed by atoms with Gasteiger partial charge in [-0.15, -0.1) is 12.4 Å². The number of nitrogens with zero attached hydrogens (tertiary/aromatic N) is 2. The van der Waals surface area contributed by atoms with Gasteiger partial charge < -0.3 is 31.3 Å². The zero-order chi connectivity index (χ0) is 22.4. The Hall–Kier alpha value is -3.46. The lowest BCUT2D eigenvalue weighted by molar-refractivity contribution is -0.119. The quantitative estimate of drug-likeness (QED) is 0.337. The van der Waals surface area contributed by atoms with Crippen LogP contribution >= 0.6 is 12.4 Å². The van der Waals surface area contributed by atoms with Crippen molar-refractivity contribution in [2.45, 2.75) is 6.54 Å². The fourth-order valence-corrected chi connectivity index (χ4v) is 2.67. The summed E-state index contributed by atoms with van der Waals surface area (Å²) < 4.78 is 5.44. The predicted octanol–water partition coefficient (Wildman–Crippen LogP) is 1.32. The maximum absolute atomic E-state index is 12.8. The lowest BCUT2D eigenvalue weighted by atomic mass is 10.1. The summed E-state index contributed by atoms with van der Waals surface area (Å²) in [6.45, 7) is -0.159. The molecule has 0 unspecified atom stereocenters. The van der Waals surface area contributed by atoms with Crippen LogP contribution in [-0.4, -0.2) is 52.4 Å². The molecule has 2 aromatic carbocycles. The van der Waals surface area contributed by atoms with Gasteiger partial charge in [0.15, 0.2) is 6.61 Å². The van der Waals surface area contributed by atoms with Gasteiger partial charge in [-0.05, 0) is 24.3 Å². The number of ether oxygens (including phenoxy) is 1. The molecule has 0 saturated heterocycles. The van der Waals surface area contributed by atoms with E-state index in [1.54, 1.807) is 18.2 Å². The number of hydrogen-bond donors (Lipinski definition) is 4. The first-order chi connectivity index (χ1) is 14.1. The molecule has 0 radical (unpaired) electrons. The normalized spacial score (nSPS) is 9.94. The van der Waals surface area contributed by atoms with Gasteiger partial charge in [0.25, 0.3) is 11.8 Å². The summed E-state index contributed by atoms with van der Waals surface area (Å²) >= 11 is 0. The van der Waals surface area contributed by atoms with Crippen LogP contribution in [0.2, 0.25) is 0 Å². The number of anilines is 2. The van der Waals surface area contributed by atoms with Crippen molar-refractivity contribution in [2.24, 2.45) is 11.5 Å². The molecule has 0 fully saturated rings. The largest absolute Gasteiger partial charge is 0.483 e. The van der Waals surface area contributed by atoms with Crippen LogP contribution in [0.15, 0.2) is 36.4 Å². The van der Waals surface area contributed by atoms with Crippen molar-refractivity contribution in [1.82, 2.24) is 5.32 Å². The van der Waals surface area contributed by atoms with Gasteiger partial charge in [0.2, 0.25) is 0 Å². The SMILES string of the molecule is CN(C)c1cc(C(=O)NCc2ccc(C(=N)N)cc2OCC(N)=O)cc(N(C)C)c1.Cl. The Labute approximate surface area is 188 Å². The molecule has 0 spiro atoms. The molecule has 6 N–H and O–H groups in total. The molecule has 2 aromatic rings. The third-order valence-corrected chi connectivity index (χ3v) is 4.39. The van der Waals surface area contributed by atoms with E-state index in [9.17, 15) is 9.59 Å². The molecule has 2 rings (SSSR count). The van der Waals surface area contributed by atoms with Crippen molar-refractivity contribution in [1.29, 1.82) is 5.41 Å². The van der Waals surface area contributed by atoms with Gasteiger partial charge in [0, 0.05) is 62.8 Å². The molecule has 0 aliphatic carbocycles. The number of hydrogen-bond acceptors (Lipinski definition) is 6. The number of amides is 2. The zero-order valence-corrected chi connectivity index (χ0v) is 18.9. The number of carbonyl (C=O) groups is 2. The molecule has 0 aromatic heterocycles. The van der Waals surface area contributed by atoms with E-state index in [1.807, 2.05) is 56.2 Å². The van der Waals surface area contributed by atoms with Gasteiger partial charge in [-0.3, -0.25) is 15.0 Å². The molecule has 0 bridgehead atoms. The minimum absolute atomic E-state index is 0. The molecular weight excluding hydrogens is 420 g/mol. The molecule has 0 saturated carbocycles. The van der Waals surface area contributed by atoms with E-state index in [2.05, 4.69) is 5.32 Å². The van der Waals surface area contributed by atoms with E-state index in [-0.39, 0.29) is 37.3 Å². The molecule has 0 aliphatic rings. The fourth-order valence-electron chi connectivity index (χ4n) is 2.67. The number of benzene rings is 2. The van der Waals surface area contributed by atoms with Crippen molar-refractivity contribution >= 4 is 41.4 Å². The Bertz CT molecular complexity index is 936. The summed E-state index contributed by atoms with van der Waals surface area (Å²) in [6, 6.07) is 10.5. The lowest BCUT2D eigenvalue weighted by Gasteiger charge is -2.20. The maximum Gasteiger partial charge on any atom is 0.255 e. The number of nitrogens with two attached hydrogens (primary N) is 2. The van der Waals surface area contributed by atoms with Crippen LogP contribution in [0.5, 0.6) is 5.75 Å². The second-order valence-electron chi connectivity index (χ2n) is 7.20. The topological polar surface area (TPSA) is 138 Å². The van der Waals surface area contributed by atoms with E-state index in [0.717, 1.165) is 11.4 Å². The third-order valence-electron chi connectivity index (χ3n) is 4.39. The summed E-state index contributed by atoms with van der Waals surface area (Å²) in [7, 11) is 7.65. The minimum Gasteiger partial charge on any atom is -0.483 e. The van der Waals surface area contributed by atoms with Crippen molar-refractivity contribution < 1.29 is 14.3 Å². The third kappa shape index (κ3) is 7.07. The molecule has 0 atom stereocenters. The minimum atomic E-state index is -0.630. The number of amidine groups is 1. The second-order valence-corrected chi connectivity index (χ2v) is 7.20. The van der Waals surface area contributed by atoms with Gasteiger partial charge in [-0.25, -0.2) is 0 Å². The Morgan fingerprint density at radius 1 is 0.968 bits per heavy atom. The molecular formula is C21H29ClN6O3. The monoisotopic (exact) mass is 448 g/mol. The average Bonchev–Trinajstić information content (AvgIpc) is 2.69. The van der Waals surface area contributed by atoms with E-state index < -0.39 is 5.91 Å². The summed E-state index contributed by atoms with van der Waals surface area (Å²) in [5.41, 5.74) is 14.1. The van der Waals surface area contributed by atoms with Crippen LogP contribution < -0.4 is 31.3 Å². The highest BCUT2D eigenvalue weighted by molar-refractivity contribution is 5.97. The molecule has 2 amide bonds. The fraction of sp³-hybridized carbons (Fsp3) is 0.286. The van der Waals surface area contributed by atoms with Crippen molar-refractivity contribution in [3.63, 3.8) is 0 Å². The van der Waals surface area contributed by atoms with Crippen LogP contribution in [-0.2, 0) is 11.3 Å². The van der Waals surface area contributed by atoms with E-state index in [4.69, 9.17) is 21.6 Å². The predicted molar refractivity (Wildman–Crippen MR) is 126 cm³/mol. The highest BCUT2D eigenvalue weighted by Gasteiger charge is 2.13. The summed E-state index contributed by atoms with van der Waals surface area (Å²) in [4.78, 5) is 27.7. The maximum atomic E-state index is 12.8. The number of halogens is 1. The van der Waals surface area contributed by atoms with Crippen LogP contribution in [0, 0.1) is 5.41 Å². The average molecular weight is 449 g/mol. The second kappa shape index (κ2) is 11.1. The summed E-state index contributed by atoms with van der Waals surface area (Å²) in [5, 5.41) is 10.4. The first kappa shape index (κ1) is 25.6. The highest BCUT2D eigenvalue weighted by Crippen LogP contribution is 2.24. The van der Waals surface area contributed by atoms with Crippen molar-refractivity contribution in [3.05, 3.63) is 53.1 Å². The molecule has 10 heteroatoms. The molecule has 31 heavy (non-hydrogen) atoms. The zero-order valence-electron chi connectivity index (χ0n) is 18.1. The number of nitrogen functional groups attached to an aromatic ring is 1. The van der Waals surface area contributed by atoms with Gasteiger partial charge in [-0.2, -0.15) is 0 Å². The Kier molecular flexibility index (Phi) is 9.14. The standard InChI is InChI=1S/C21H28N6O3.ClH/c1-26(2)16-7-15(8-17(10-16)27(3)4)21(29)25-11-14-6-5-13(20(23)24)9-18(14)30-12-19(22)28;/h5-10H,11-12H2,1-4H3,(H2,22,28)(H3,23,24)(H,25,29);1H. The summed E-state index contributed by atoms with van der Waals surface area (Å²) in [6.07, 6.45) is 0. The van der Waals surface area contributed by atoms with E-state index in [1.165, 1.54) is 0 Å². The van der Waals surface area contributed by atoms with Crippen LogP contribution in [0.3, 0.4) is 0 Å². The van der Waals surface area contributed by atoms with Gasteiger partial charge >= 0.3 is 0 Å². The van der Waals surface area contributed by atoms with Crippen LogP contribution in [0.25, 0.3) is 0 Å². The van der Waals surface area contributed by atoms with Crippen molar-refractivity contribution in [3.8, 4) is 5.75 Å². The summed E-state index contributed by atoms with van der Waals surface area (Å²) in [5.74, 6) is -0.683. The first-order valence-electron chi connectivity index (χ1n) is 9.25. The number of nitrogens with one attached hydrogen (secondary N) is 2. The highest BCUT2D eigenvalue weighted by atomic mass is 35.5. The van der Waals surface area contributed by atoms with Gasteiger partial charge in [-0.1, -0.05) is 12.1 Å². The molecule has 9 nitrogen and oxygen atoms in total. The van der Waals surface area contributed by atoms with Crippen molar-refractivity contribution in [2.75, 3.05) is 44.6 Å². The molecule has 168 valence electrons. The smallest absolute Gasteiger partial charge is 0.255 e. The number of primary amides is 1. The van der Waals surface area contributed by atoms with Gasteiger partial charge in [0.1, 0.15) is 11.6 Å². The Morgan fingerprint density at radius 3 is 2.03 bits per heavy atom. The van der Waals surface area contributed by atoms with Gasteiger partial charge in [0.05, 0.1) is 0 Å². The Morgan fingerprint density at radius 2 is 1.55 bits per heavy atom. The number of carbonyl (C=O) groups excluding carboxylic acids is 2. The van der Waals surface area contributed by atoms with Crippen LogP contribution in [0.4, 0.5) is 11.4 Å². The molecule has 0 heterocycles. The molecule has 0 aliphatic heterocycles. The number of rotatable bonds is 9. The lowest BCUT2D eigenvalue weighted by Crippen LogP contribution is -2.25. The van der Waals surface area contributed by atoms with E-state index in [0.29, 0.717) is 22.4 Å². The van der Waals surface area contributed by atoms with E-state index >= 15 is 0 Å². The van der Waals surface area contributed by atoms with Crippen LogP contribution in [0.1, 0.15) is 21.5 Å².